The van der Waals surface area contributed by atoms with Crippen molar-refractivity contribution in [3.63, 3.8) is 0 Å². The van der Waals surface area contributed by atoms with Crippen LogP contribution in [0.25, 0.3) is 0 Å². The van der Waals surface area contributed by atoms with Gasteiger partial charge in [0.2, 0.25) is 0 Å². The third-order valence-corrected chi connectivity index (χ3v) is 9.85. The molecule has 1 aliphatic carbocycles. The molecular formula is C16H23BrFeNO2Si-. The Kier molecular flexibility index (Phi) is 6.62. The molecule has 0 unspecified atom stereocenters. The Morgan fingerprint density at radius 2 is 2.00 bits per heavy atom. The van der Waals surface area contributed by atoms with Crippen molar-refractivity contribution in [3.05, 3.63) is 28.5 Å². The van der Waals surface area contributed by atoms with Crippen LogP contribution in [0.3, 0.4) is 0 Å². The summed E-state index contributed by atoms with van der Waals surface area (Å²) < 4.78 is 6.92. The van der Waals surface area contributed by atoms with Crippen molar-refractivity contribution in [2.24, 2.45) is 5.92 Å². The van der Waals surface area contributed by atoms with Gasteiger partial charge in [-0.3, -0.25) is 4.79 Å². The third kappa shape index (κ3) is 4.29. The predicted molar refractivity (Wildman–Crippen MR) is 89.9 cm³/mol. The normalized spacial score (nSPS) is 21.7. The van der Waals surface area contributed by atoms with E-state index < -0.39 is 8.32 Å². The van der Waals surface area contributed by atoms with Crippen LogP contribution in [0.15, 0.2) is 16.7 Å². The Hall–Kier alpha value is -0.00364. The zero-order valence-corrected chi connectivity index (χ0v) is 17.4. The second kappa shape index (κ2) is 7.26. The maximum absolute atomic E-state index is 12.4. The Balaban J connectivity index is 0.00000242. The van der Waals surface area contributed by atoms with Crippen LogP contribution in [0, 0.1) is 12.1 Å². The predicted octanol–water partition coefficient (Wildman–Crippen LogP) is 4.62. The van der Waals surface area contributed by atoms with Gasteiger partial charge in [0, 0.05) is 33.7 Å². The van der Waals surface area contributed by atoms with Crippen molar-refractivity contribution in [2.75, 3.05) is 0 Å². The van der Waals surface area contributed by atoms with Gasteiger partial charge in [-0.2, -0.15) is 12.1 Å². The van der Waals surface area contributed by atoms with Crippen LogP contribution in [-0.4, -0.2) is 25.2 Å². The molecule has 1 fully saturated rings. The molecule has 0 saturated heterocycles. The van der Waals surface area contributed by atoms with Crippen LogP contribution in [0.2, 0.25) is 18.1 Å². The first-order chi connectivity index (χ1) is 9.62. The molecule has 22 heavy (non-hydrogen) atoms. The molecule has 0 amide bonds. The van der Waals surface area contributed by atoms with E-state index >= 15 is 0 Å². The van der Waals surface area contributed by atoms with E-state index in [9.17, 15) is 4.79 Å². The maximum atomic E-state index is 12.4. The number of carbonyl (C=O) groups is 1. The van der Waals surface area contributed by atoms with Gasteiger partial charge < -0.3 is 9.41 Å². The summed E-state index contributed by atoms with van der Waals surface area (Å²) in [7, 11) is -1.73. The number of hydrogen-bond donors (Lipinski definition) is 0. The summed E-state index contributed by atoms with van der Waals surface area (Å²) in [5, 5.41) is 0.213. The number of pyridine rings is 1. The largest absolute Gasteiger partial charge is 0.414 e. The fraction of sp³-hybridized carbons (Fsp3) is 0.625. The Bertz CT molecular complexity index is 539. The van der Waals surface area contributed by atoms with Crippen LogP contribution in [0.5, 0.6) is 0 Å². The quantitative estimate of drug-likeness (QED) is 0.306. The molecule has 0 N–H and O–H groups in total. The Morgan fingerprint density at radius 3 is 2.50 bits per heavy atom. The van der Waals surface area contributed by atoms with E-state index in [0.29, 0.717) is 10.2 Å². The minimum Gasteiger partial charge on any atom is -0.414 e. The molecule has 0 radical (unpaired) electrons. The second-order valence-corrected chi connectivity index (χ2v) is 12.8. The summed E-state index contributed by atoms with van der Waals surface area (Å²) in [6.07, 6.45) is 4.62. The van der Waals surface area contributed by atoms with Crippen molar-refractivity contribution < 1.29 is 26.3 Å². The molecular weight excluding hydrogens is 402 g/mol. The van der Waals surface area contributed by atoms with Gasteiger partial charge >= 0.3 is 0 Å². The van der Waals surface area contributed by atoms with Gasteiger partial charge in [-0.1, -0.05) is 32.5 Å². The first kappa shape index (κ1) is 20.0. The summed E-state index contributed by atoms with van der Waals surface area (Å²) in [5.74, 6) is 0.235. The van der Waals surface area contributed by atoms with Gasteiger partial charge in [-0.25, -0.2) is 0 Å². The summed E-state index contributed by atoms with van der Waals surface area (Å²) in [5.41, 5.74) is 0.657. The third-order valence-electron chi connectivity index (χ3n) is 4.71. The molecule has 0 bridgehead atoms. The van der Waals surface area contributed by atoms with Crippen molar-refractivity contribution in [1.29, 1.82) is 0 Å². The van der Waals surface area contributed by atoms with Crippen molar-refractivity contribution in [1.82, 2.24) is 4.98 Å². The van der Waals surface area contributed by atoms with E-state index in [4.69, 9.17) is 4.43 Å². The number of rotatable bonds is 4. The van der Waals surface area contributed by atoms with Crippen LogP contribution in [0.1, 0.15) is 44.0 Å². The summed E-state index contributed by atoms with van der Waals surface area (Å²) in [6.45, 7) is 11.2. The average molecular weight is 425 g/mol. The van der Waals surface area contributed by atoms with Gasteiger partial charge in [-0.05, 0) is 31.0 Å². The molecule has 0 atom stereocenters. The molecule has 0 aromatic carbocycles. The molecule has 1 heterocycles. The number of carbonyl (C=O) groups excluding carboxylic acids is 1. The first-order valence-corrected chi connectivity index (χ1v) is 11.1. The van der Waals surface area contributed by atoms with E-state index in [0.717, 1.165) is 12.8 Å². The van der Waals surface area contributed by atoms with Crippen molar-refractivity contribution in [2.45, 2.75) is 57.8 Å². The van der Waals surface area contributed by atoms with Crippen molar-refractivity contribution >= 4 is 30.0 Å². The average Bonchev–Trinajstić information content (AvgIpc) is 2.31. The number of aromatic nitrogens is 1. The van der Waals surface area contributed by atoms with Gasteiger partial charge in [0.05, 0.1) is 0 Å². The van der Waals surface area contributed by atoms with Crippen LogP contribution in [-0.2, 0) is 21.5 Å². The summed E-state index contributed by atoms with van der Waals surface area (Å²) in [6, 6.07) is 3.46. The minimum atomic E-state index is -1.73. The topological polar surface area (TPSA) is 39.2 Å². The zero-order chi connectivity index (χ0) is 15.8. The first-order valence-electron chi connectivity index (χ1n) is 7.36. The molecule has 0 spiro atoms. The van der Waals surface area contributed by atoms with E-state index in [-0.39, 0.29) is 39.9 Å². The molecule has 1 aromatic heterocycles. The molecule has 1 aromatic rings. The number of ketones is 1. The maximum Gasteiger partial charge on any atom is 0.192 e. The monoisotopic (exact) mass is 424 g/mol. The van der Waals surface area contributed by atoms with Gasteiger partial charge in [-0.15, -0.1) is 15.9 Å². The van der Waals surface area contributed by atoms with Crippen LogP contribution >= 0.6 is 15.9 Å². The Morgan fingerprint density at radius 1 is 1.41 bits per heavy atom. The standard InChI is InChI=1S/C16H23BrNO2Si.Fe/c1-16(2,3)21(4,5)20-12-9-11(10-12)14(19)13-7-6-8-18-15(13)17;/h6-7,11-12H,9-10H2,1-5H3;/q-1;. The van der Waals surface area contributed by atoms with Gasteiger partial charge in [0.15, 0.2) is 8.32 Å². The summed E-state index contributed by atoms with van der Waals surface area (Å²) >= 11 is 3.32. The second-order valence-electron chi connectivity index (χ2n) is 7.31. The number of halogens is 1. The fourth-order valence-electron chi connectivity index (χ4n) is 2.22. The molecule has 124 valence electrons. The summed E-state index contributed by atoms with van der Waals surface area (Å²) in [4.78, 5) is 16.4. The molecule has 2 rings (SSSR count). The number of nitrogens with zero attached hydrogens (tertiary/aromatic N) is 1. The SMILES string of the molecule is CC(C)(C)[Si](C)(C)OC1CC(C(=O)c2cc[c-]nc2Br)C1.[Fe]. The van der Waals surface area contributed by atoms with Gasteiger partial charge in [0.1, 0.15) is 5.78 Å². The van der Waals surface area contributed by atoms with Crippen LogP contribution in [0.4, 0.5) is 0 Å². The van der Waals surface area contributed by atoms with E-state index in [2.05, 4.69) is 61.0 Å². The van der Waals surface area contributed by atoms with E-state index in [1.807, 2.05) is 0 Å². The molecule has 1 aliphatic rings. The van der Waals surface area contributed by atoms with Gasteiger partial charge in [0.25, 0.3) is 0 Å². The zero-order valence-electron chi connectivity index (χ0n) is 13.7. The number of hydrogen-bond acceptors (Lipinski definition) is 3. The number of Topliss-reactive ketones (excluding diaryl/α,β-unsaturated/α-hetero) is 1. The molecule has 0 aliphatic heterocycles. The molecule has 3 nitrogen and oxygen atoms in total. The smallest absolute Gasteiger partial charge is 0.192 e. The van der Waals surface area contributed by atoms with E-state index in [1.165, 1.54) is 0 Å². The minimum absolute atomic E-state index is 0. The van der Waals surface area contributed by atoms with Crippen molar-refractivity contribution in [3.8, 4) is 0 Å². The molecule has 6 heteroatoms. The fourth-order valence-corrected chi connectivity index (χ4v) is 4.03. The van der Waals surface area contributed by atoms with Crippen LogP contribution < -0.4 is 0 Å². The Labute approximate surface area is 153 Å². The van der Waals surface area contributed by atoms with E-state index in [1.54, 1.807) is 12.1 Å². The molecule has 1 saturated carbocycles.